The van der Waals surface area contributed by atoms with Crippen molar-refractivity contribution in [3.8, 4) is 0 Å². The van der Waals surface area contributed by atoms with Crippen molar-refractivity contribution in [1.82, 2.24) is 40.6 Å². The average Bonchev–Trinajstić information content (AvgIpc) is 3.92. The van der Waals surface area contributed by atoms with Gasteiger partial charge in [0.05, 0.1) is 12.0 Å². The number of urea groups is 1. The minimum atomic E-state index is -5.08. The number of aliphatic carboxylic acids is 1. The van der Waals surface area contributed by atoms with Gasteiger partial charge in [0.15, 0.2) is 29.0 Å². The molecule has 0 radical (unpaired) electrons. The SMILES string of the molecule is CCc1cc([C@H]2O[C@@H](n3cnc4c(NC(CC)CC)nc(N5CC[C@@H](NC(=O)N[C@@H]6CCNC6)C5)nc43)[C@H](O)[C@@H]2O)on1.O=C(O)C(F)(F)F. The molecule has 17 nitrogen and oxygen atoms in total. The molecule has 0 spiro atoms. The number of halogens is 3. The molecular formula is C30H43F3N10O7. The number of rotatable bonds is 10. The Morgan fingerprint density at radius 3 is 2.44 bits per heavy atom. The lowest BCUT2D eigenvalue weighted by molar-refractivity contribution is -0.192. The number of carbonyl (C=O) groups is 2. The Kier molecular flexibility index (Phi) is 11.6. The van der Waals surface area contributed by atoms with Crippen molar-refractivity contribution in [3.63, 3.8) is 0 Å². The molecule has 3 aromatic rings. The highest BCUT2D eigenvalue weighted by atomic mass is 19.4. The molecule has 0 aromatic carbocycles. The van der Waals surface area contributed by atoms with Crippen molar-refractivity contribution in [2.24, 2.45) is 0 Å². The Hall–Kier alpha value is -4.27. The number of anilines is 2. The maximum Gasteiger partial charge on any atom is 0.490 e. The Balaban J connectivity index is 0.000000630. The zero-order valence-corrected chi connectivity index (χ0v) is 27.9. The van der Waals surface area contributed by atoms with Gasteiger partial charge in [0.2, 0.25) is 5.95 Å². The van der Waals surface area contributed by atoms with Crippen LogP contribution >= 0.6 is 0 Å². The van der Waals surface area contributed by atoms with Gasteiger partial charge in [-0.3, -0.25) is 4.57 Å². The number of aliphatic hydroxyl groups is 2. The normalized spacial score (nSPS) is 25.2. The van der Waals surface area contributed by atoms with Crippen LogP contribution in [0.4, 0.5) is 29.7 Å². The Morgan fingerprint density at radius 1 is 1.10 bits per heavy atom. The second-order valence-corrected chi connectivity index (χ2v) is 12.4. The molecule has 0 saturated carbocycles. The molecule has 0 bridgehead atoms. The standard InChI is InChI=1S/C28H42N10O5.C2HF3O2/c1-4-15(5-2)31-24-20-25(35-27(34-24)37-10-8-18(13-37)33-28(41)32-17-7-9-29-12-17)38(14-30-20)26-22(40)21(39)23(42-26)19-11-16(6-3)36-43-19;3-2(4,5)1(6)7/h11,14-15,17-18,21-23,26,29,39-40H,4-10,12-13H2,1-3H3,(H,31,34,35)(H2,32,33,41);(H,6,7)/t17-,18-,21+,22-,23-,26-;/m1./s1. The van der Waals surface area contributed by atoms with Crippen LogP contribution in [0.25, 0.3) is 11.2 Å². The lowest BCUT2D eigenvalue weighted by Crippen LogP contribution is -2.47. The van der Waals surface area contributed by atoms with E-state index in [2.05, 4.69) is 45.3 Å². The fourth-order valence-corrected chi connectivity index (χ4v) is 6.02. The molecule has 6 atom stereocenters. The van der Waals surface area contributed by atoms with Gasteiger partial charge in [0.1, 0.15) is 18.3 Å². The van der Waals surface area contributed by atoms with Gasteiger partial charge in [-0.25, -0.2) is 14.6 Å². The predicted octanol–water partition coefficient (Wildman–Crippen LogP) is 1.84. The molecule has 276 valence electrons. The van der Waals surface area contributed by atoms with Crippen molar-refractivity contribution in [2.45, 2.75) is 102 Å². The first-order chi connectivity index (χ1) is 23.8. The number of imidazole rings is 1. The van der Waals surface area contributed by atoms with E-state index in [0.717, 1.165) is 44.5 Å². The number of aromatic nitrogens is 5. The lowest BCUT2D eigenvalue weighted by atomic mass is 10.1. The number of amides is 2. The van der Waals surface area contributed by atoms with E-state index in [-0.39, 0.29) is 24.2 Å². The van der Waals surface area contributed by atoms with Crippen LogP contribution in [0, 0.1) is 0 Å². The summed E-state index contributed by atoms with van der Waals surface area (Å²) in [6, 6.07) is 1.84. The molecule has 0 unspecified atom stereocenters. The van der Waals surface area contributed by atoms with Crippen LogP contribution in [0.2, 0.25) is 0 Å². The van der Waals surface area contributed by atoms with Crippen molar-refractivity contribution < 1.29 is 47.3 Å². The predicted molar refractivity (Wildman–Crippen MR) is 171 cm³/mol. The summed E-state index contributed by atoms with van der Waals surface area (Å²) in [7, 11) is 0. The summed E-state index contributed by atoms with van der Waals surface area (Å²) in [5.74, 6) is -1.33. The molecule has 50 heavy (non-hydrogen) atoms. The molecule has 3 aliphatic heterocycles. The molecule has 7 N–H and O–H groups in total. The van der Waals surface area contributed by atoms with Gasteiger partial charge in [-0.05, 0) is 38.6 Å². The Bertz CT molecular complexity index is 1610. The zero-order valence-electron chi connectivity index (χ0n) is 27.9. The topological polar surface area (TPSA) is 225 Å². The summed E-state index contributed by atoms with van der Waals surface area (Å²) < 4.78 is 44.9. The third-order valence-electron chi connectivity index (χ3n) is 8.91. The number of aliphatic hydroxyl groups excluding tert-OH is 2. The monoisotopic (exact) mass is 712 g/mol. The fraction of sp³-hybridized carbons (Fsp3) is 0.667. The highest BCUT2D eigenvalue weighted by Gasteiger charge is 2.47. The van der Waals surface area contributed by atoms with Crippen LogP contribution < -0.4 is 26.2 Å². The van der Waals surface area contributed by atoms with Gasteiger partial charge in [0.25, 0.3) is 0 Å². The number of carbonyl (C=O) groups excluding carboxylic acids is 1. The Labute approximate surface area is 285 Å². The summed E-state index contributed by atoms with van der Waals surface area (Å²) in [5.41, 5.74) is 1.73. The molecular weight excluding hydrogens is 669 g/mol. The van der Waals surface area contributed by atoms with E-state index in [1.165, 1.54) is 0 Å². The van der Waals surface area contributed by atoms with Gasteiger partial charge in [0, 0.05) is 43.8 Å². The second kappa shape index (κ2) is 15.7. The van der Waals surface area contributed by atoms with Crippen molar-refractivity contribution >= 4 is 34.9 Å². The first kappa shape index (κ1) is 37.0. The number of ether oxygens (including phenoxy) is 1. The molecule has 6 heterocycles. The minimum absolute atomic E-state index is 0.0557. The van der Waals surface area contributed by atoms with E-state index < -0.39 is 36.7 Å². The summed E-state index contributed by atoms with van der Waals surface area (Å²) in [5, 5.41) is 46.0. The molecule has 20 heteroatoms. The lowest BCUT2D eigenvalue weighted by Gasteiger charge is -2.22. The molecule has 3 aliphatic rings. The number of hydrogen-bond acceptors (Lipinski definition) is 13. The first-order valence-corrected chi connectivity index (χ1v) is 16.6. The summed E-state index contributed by atoms with van der Waals surface area (Å²) in [6.07, 6.45) is -3.75. The summed E-state index contributed by atoms with van der Waals surface area (Å²) in [4.78, 5) is 37.9. The van der Waals surface area contributed by atoms with E-state index in [1.807, 2.05) is 11.8 Å². The maximum absolute atomic E-state index is 12.6. The summed E-state index contributed by atoms with van der Waals surface area (Å²) >= 11 is 0. The van der Waals surface area contributed by atoms with Crippen LogP contribution in [0.1, 0.15) is 70.2 Å². The summed E-state index contributed by atoms with van der Waals surface area (Å²) in [6.45, 7) is 9.08. The first-order valence-electron chi connectivity index (χ1n) is 16.6. The van der Waals surface area contributed by atoms with E-state index in [1.54, 1.807) is 17.0 Å². The number of nitrogens with zero attached hydrogens (tertiary/aromatic N) is 6. The molecule has 3 saturated heterocycles. The van der Waals surface area contributed by atoms with Gasteiger partial charge in [-0.2, -0.15) is 23.1 Å². The minimum Gasteiger partial charge on any atom is -0.475 e. The van der Waals surface area contributed by atoms with Gasteiger partial charge < -0.3 is 50.7 Å². The number of aryl methyl sites for hydroxylation is 1. The third kappa shape index (κ3) is 8.36. The van der Waals surface area contributed by atoms with Crippen molar-refractivity contribution in [2.75, 3.05) is 36.4 Å². The van der Waals surface area contributed by atoms with Gasteiger partial charge in [-0.15, -0.1) is 0 Å². The van der Waals surface area contributed by atoms with Crippen LogP contribution in [-0.2, 0) is 16.0 Å². The highest BCUT2D eigenvalue weighted by molar-refractivity contribution is 5.84. The fourth-order valence-electron chi connectivity index (χ4n) is 6.02. The molecule has 6 rings (SSSR count). The van der Waals surface area contributed by atoms with Crippen LogP contribution in [0.5, 0.6) is 0 Å². The van der Waals surface area contributed by atoms with Crippen LogP contribution in [0.15, 0.2) is 16.9 Å². The van der Waals surface area contributed by atoms with E-state index >= 15 is 0 Å². The number of alkyl halides is 3. The average molecular weight is 713 g/mol. The van der Waals surface area contributed by atoms with Crippen LogP contribution in [0.3, 0.4) is 0 Å². The smallest absolute Gasteiger partial charge is 0.475 e. The maximum atomic E-state index is 12.6. The second-order valence-electron chi connectivity index (χ2n) is 12.4. The van der Waals surface area contributed by atoms with Crippen molar-refractivity contribution in [3.05, 3.63) is 23.8 Å². The molecule has 3 aromatic heterocycles. The van der Waals surface area contributed by atoms with Crippen molar-refractivity contribution in [1.29, 1.82) is 0 Å². The van der Waals surface area contributed by atoms with Gasteiger partial charge in [-0.1, -0.05) is 25.9 Å². The van der Waals surface area contributed by atoms with Gasteiger partial charge >= 0.3 is 18.2 Å². The zero-order chi connectivity index (χ0) is 36.2. The highest BCUT2D eigenvalue weighted by Crippen LogP contribution is 2.40. The molecule has 2 amide bonds. The number of nitrogens with one attached hydrogen (secondary N) is 4. The van der Waals surface area contributed by atoms with E-state index in [9.17, 15) is 28.2 Å². The third-order valence-corrected chi connectivity index (χ3v) is 8.91. The van der Waals surface area contributed by atoms with Crippen LogP contribution in [-0.4, -0.2) is 115 Å². The van der Waals surface area contributed by atoms with E-state index in [0.29, 0.717) is 48.2 Å². The Morgan fingerprint density at radius 2 is 1.82 bits per heavy atom. The number of carboxylic acid groups (broad SMARTS) is 1. The molecule has 3 fully saturated rings. The number of carboxylic acids is 1. The molecule has 0 aliphatic carbocycles. The van der Waals surface area contributed by atoms with E-state index in [4.69, 9.17) is 29.1 Å². The number of fused-ring (bicyclic) bond motifs is 1. The quantitative estimate of drug-likeness (QED) is 0.159. The number of hydrogen-bond donors (Lipinski definition) is 7. The largest absolute Gasteiger partial charge is 0.490 e.